The Balaban J connectivity index is 3.36. The average molecular weight is 213 g/mol. The van der Waals surface area contributed by atoms with Crippen molar-refractivity contribution in [3.05, 3.63) is 10.4 Å². The number of thiophene rings is 1. The van der Waals surface area contributed by atoms with E-state index in [1.807, 2.05) is 0 Å². The Bertz CT molecular complexity index is 369. The van der Waals surface area contributed by atoms with Crippen molar-refractivity contribution < 1.29 is 8.42 Å². The highest BCUT2D eigenvalue weighted by Gasteiger charge is 2.15. The highest BCUT2D eigenvalue weighted by molar-refractivity contribution is 7.89. The minimum atomic E-state index is -3.71. The quantitative estimate of drug-likeness (QED) is 0.716. The SMILES string of the molecule is Nc1sc(Cl)cc1S(N)(=O)=O. The van der Waals surface area contributed by atoms with Crippen LogP contribution in [0.25, 0.3) is 0 Å². The molecule has 0 radical (unpaired) electrons. The molecule has 1 aromatic heterocycles. The second kappa shape index (κ2) is 2.63. The number of sulfonamides is 1. The fourth-order valence-corrected chi connectivity index (χ4v) is 2.66. The van der Waals surface area contributed by atoms with Gasteiger partial charge in [0, 0.05) is 0 Å². The van der Waals surface area contributed by atoms with E-state index in [9.17, 15) is 8.42 Å². The summed E-state index contributed by atoms with van der Waals surface area (Å²) in [6.07, 6.45) is 0. The molecule has 7 heteroatoms. The first kappa shape index (κ1) is 8.79. The maximum Gasteiger partial charge on any atom is 0.241 e. The molecule has 1 heterocycles. The van der Waals surface area contributed by atoms with Crippen LogP contribution in [0.5, 0.6) is 0 Å². The van der Waals surface area contributed by atoms with Crippen LogP contribution in [0, 0.1) is 0 Å². The number of nitrogen functional groups attached to an aromatic ring is 1. The lowest BCUT2D eigenvalue weighted by atomic mass is 10.6. The normalized spacial score (nSPS) is 11.8. The van der Waals surface area contributed by atoms with Gasteiger partial charge in [-0.05, 0) is 6.07 Å². The summed E-state index contributed by atoms with van der Waals surface area (Å²) in [6, 6.07) is 1.23. The van der Waals surface area contributed by atoms with Gasteiger partial charge in [0.2, 0.25) is 10.0 Å². The van der Waals surface area contributed by atoms with Gasteiger partial charge in [-0.3, -0.25) is 0 Å². The second-order valence-corrected chi connectivity index (χ2v) is 5.07. The number of anilines is 1. The van der Waals surface area contributed by atoms with E-state index in [-0.39, 0.29) is 9.90 Å². The lowest BCUT2D eigenvalue weighted by Gasteiger charge is -1.92. The van der Waals surface area contributed by atoms with E-state index in [0.717, 1.165) is 11.3 Å². The Kier molecular flexibility index (Phi) is 2.10. The smallest absolute Gasteiger partial charge is 0.241 e. The molecule has 62 valence electrons. The Labute approximate surface area is 72.8 Å². The molecule has 11 heavy (non-hydrogen) atoms. The van der Waals surface area contributed by atoms with Crippen LogP contribution in [0.4, 0.5) is 5.00 Å². The number of primary sulfonamides is 1. The zero-order valence-electron chi connectivity index (χ0n) is 5.24. The third-order valence-electron chi connectivity index (χ3n) is 1.00. The molecule has 0 saturated carbocycles. The summed E-state index contributed by atoms with van der Waals surface area (Å²) in [7, 11) is -3.71. The molecule has 4 nitrogen and oxygen atoms in total. The Morgan fingerprint density at radius 1 is 1.55 bits per heavy atom. The maximum absolute atomic E-state index is 10.7. The Morgan fingerprint density at radius 3 is 2.27 bits per heavy atom. The summed E-state index contributed by atoms with van der Waals surface area (Å²) in [5, 5.41) is 4.93. The summed E-state index contributed by atoms with van der Waals surface area (Å²) in [4.78, 5) is -0.104. The molecular formula is C4H5ClN2O2S2. The van der Waals surface area contributed by atoms with Crippen LogP contribution >= 0.6 is 22.9 Å². The van der Waals surface area contributed by atoms with Crippen molar-refractivity contribution >= 4 is 38.0 Å². The van der Waals surface area contributed by atoms with Gasteiger partial charge in [0.25, 0.3) is 0 Å². The van der Waals surface area contributed by atoms with Gasteiger partial charge in [-0.1, -0.05) is 11.6 Å². The van der Waals surface area contributed by atoms with E-state index in [1.54, 1.807) is 0 Å². The van der Waals surface area contributed by atoms with Crippen molar-refractivity contribution in [1.29, 1.82) is 0 Å². The van der Waals surface area contributed by atoms with E-state index >= 15 is 0 Å². The molecule has 0 unspecified atom stereocenters. The fraction of sp³-hybridized carbons (Fsp3) is 0. The molecular weight excluding hydrogens is 208 g/mol. The zero-order chi connectivity index (χ0) is 8.65. The van der Waals surface area contributed by atoms with Gasteiger partial charge >= 0.3 is 0 Å². The van der Waals surface area contributed by atoms with Crippen LogP contribution in [-0.4, -0.2) is 8.42 Å². The van der Waals surface area contributed by atoms with Crippen molar-refractivity contribution in [3.63, 3.8) is 0 Å². The van der Waals surface area contributed by atoms with Crippen LogP contribution in [0.15, 0.2) is 11.0 Å². The summed E-state index contributed by atoms with van der Waals surface area (Å²) in [6.45, 7) is 0. The van der Waals surface area contributed by atoms with Crippen LogP contribution in [0.3, 0.4) is 0 Å². The van der Waals surface area contributed by atoms with Crippen molar-refractivity contribution in [3.8, 4) is 0 Å². The lowest BCUT2D eigenvalue weighted by Crippen LogP contribution is -2.12. The van der Waals surface area contributed by atoms with E-state index < -0.39 is 10.0 Å². The Hall–Kier alpha value is -0.300. The van der Waals surface area contributed by atoms with E-state index in [4.69, 9.17) is 22.5 Å². The van der Waals surface area contributed by atoms with Gasteiger partial charge in [-0.25, -0.2) is 13.6 Å². The van der Waals surface area contributed by atoms with E-state index in [0.29, 0.717) is 4.34 Å². The number of rotatable bonds is 1. The highest BCUT2D eigenvalue weighted by Crippen LogP contribution is 2.31. The molecule has 0 aromatic carbocycles. The third-order valence-corrected chi connectivity index (χ3v) is 3.17. The first-order valence-corrected chi connectivity index (χ1v) is 5.23. The fourth-order valence-electron chi connectivity index (χ4n) is 0.581. The molecule has 1 rings (SSSR count). The molecule has 0 aliphatic rings. The van der Waals surface area contributed by atoms with Crippen molar-refractivity contribution in [2.24, 2.45) is 5.14 Å². The minimum absolute atomic E-state index is 0.104. The van der Waals surface area contributed by atoms with Crippen LogP contribution in [-0.2, 0) is 10.0 Å². The number of hydrogen-bond donors (Lipinski definition) is 2. The van der Waals surface area contributed by atoms with Crippen LogP contribution < -0.4 is 10.9 Å². The van der Waals surface area contributed by atoms with Crippen molar-refractivity contribution in [1.82, 2.24) is 0 Å². The van der Waals surface area contributed by atoms with Crippen LogP contribution in [0.2, 0.25) is 4.34 Å². The third kappa shape index (κ3) is 1.84. The number of nitrogens with two attached hydrogens (primary N) is 2. The average Bonchev–Trinajstić information content (AvgIpc) is 2.08. The number of halogens is 1. The molecule has 0 bridgehead atoms. The van der Waals surface area contributed by atoms with E-state index in [2.05, 4.69) is 0 Å². The molecule has 0 saturated heterocycles. The van der Waals surface area contributed by atoms with Gasteiger partial charge in [-0.15, -0.1) is 11.3 Å². The molecule has 0 aliphatic carbocycles. The lowest BCUT2D eigenvalue weighted by molar-refractivity contribution is 0.598. The first-order chi connectivity index (χ1) is 4.91. The van der Waals surface area contributed by atoms with Gasteiger partial charge in [0.15, 0.2) is 0 Å². The van der Waals surface area contributed by atoms with Gasteiger partial charge in [0.1, 0.15) is 9.90 Å². The molecule has 0 amide bonds. The standard InChI is InChI=1S/C4H5ClN2O2S2/c5-3-1-2(4(6)10-3)11(7,8)9/h1H,6H2,(H2,7,8,9). The summed E-state index contributed by atoms with van der Waals surface area (Å²) in [5.74, 6) is 0. The molecule has 0 atom stereocenters. The largest absolute Gasteiger partial charge is 0.389 e. The second-order valence-electron chi connectivity index (χ2n) is 1.82. The van der Waals surface area contributed by atoms with Crippen molar-refractivity contribution in [2.45, 2.75) is 4.90 Å². The topological polar surface area (TPSA) is 86.2 Å². The number of hydrogen-bond acceptors (Lipinski definition) is 4. The molecule has 0 spiro atoms. The summed E-state index contributed by atoms with van der Waals surface area (Å²) < 4.78 is 21.7. The zero-order valence-corrected chi connectivity index (χ0v) is 7.63. The first-order valence-electron chi connectivity index (χ1n) is 2.49. The van der Waals surface area contributed by atoms with Crippen LogP contribution in [0.1, 0.15) is 0 Å². The molecule has 0 fully saturated rings. The monoisotopic (exact) mass is 212 g/mol. The van der Waals surface area contributed by atoms with E-state index in [1.165, 1.54) is 6.07 Å². The Morgan fingerprint density at radius 2 is 2.09 bits per heavy atom. The molecule has 4 N–H and O–H groups in total. The summed E-state index contributed by atoms with van der Waals surface area (Å²) in [5.41, 5.74) is 5.30. The highest BCUT2D eigenvalue weighted by atomic mass is 35.5. The minimum Gasteiger partial charge on any atom is -0.389 e. The van der Waals surface area contributed by atoms with Gasteiger partial charge in [0.05, 0.1) is 4.34 Å². The van der Waals surface area contributed by atoms with Crippen molar-refractivity contribution in [2.75, 3.05) is 5.73 Å². The molecule has 1 aromatic rings. The summed E-state index contributed by atoms with van der Waals surface area (Å²) >= 11 is 6.47. The van der Waals surface area contributed by atoms with Gasteiger partial charge < -0.3 is 5.73 Å². The predicted octanol–water partition coefficient (Wildman–Crippen LogP) is 0.631. The maximum atomic E-state index is 10.7. The van der Waals surface area contributed by atoms with Gasteiger partial charge in [-0.2, -0.15) is 0 Å². The molecule has 0 aliphatic heterocycles. The predicted molar refractivity (Wildman–Crippen MR) is 45.1 cm³/mol.